The number of amides is 5. The molecule has 1 aromatic rings. The van der Waals surface area contributed by atoms with Crippen LogP contribution in [-0.2, 0) is 40.0 Å². The molecule has 0 aliphatic carbocycles. The third kappa shape index (κ3) is 15.5. The summed E-state index contributed by atoms with van der Waals surface area (Å²) in [4.78, 5) is 87.0. The quantitative estimate of drug-likeness (QED) is 0.0263. The number of phenolic OH excluding ortho intramolecular Hbond substituents is 1. The molecule has 0 unspecified atom stereocenters. The highest BCUT2D eigenvalue weighted by Gasteiger charge is 2.40. The van der Waals surface area contributed by atoms with Gasteiger partial charge in [-0.25, -0.2) is 4.79 Å². The summed E-state index contributed by atoms with van der Waals surface area (Å²) in [6.07, 6.45) is 2.82. The highest BCUT2D eigenvalue weighted by Crippen LogP contribution is 2.21. The number of phenols is 1. The lowest BCUT2D eigenvalue weighted by atomic mass is 9.96. The largest absolute Gasteiger partial charge is 0.508 e. The zero-order chi connectivity index (χ0) is 41.9. The number of aliphatic carboxylic acids is 1. The maximum atomic E-state index is 14.0. The summed E-state index contributed by atoms with van der Waals surface area (Å²) in [6, 6.07) is -0.688. The van der Waals surface area contributed by atoms with E-state index < -0.39 is 77.7 Å². The highest BCUT2D eigenvalue weighted by atomic mass is 16.6. The molecule has 14 N–H and O–H groups in total. The van der Waals surface area contributed by atoms with Crippen molar-refractivity contribution in [1.29, 1.82) is 0 Å². The van der Waals surface area contributed by atoms with Crippen LogP contribution in [0.4, 0.5) is 0 Å². The van der Waals surface area contributed by atoms with Crippen molar-refractivity contribution in [1.82, 2.24) is 26.2 Å². The first-order valence-corrected chi connectivity index (χ1v) is 19.2. The maximum absolute atomic E-state index is 14.0. The van der Waals surface area contributed by atoms with Crippen molar-refractivity contribution in [3.05, 3.63) is 29.8 Å². The summed E-state index contributed by atoms with van der Waals surface area (Å²) < 4.78 is 0. The first-order chi connectivity index (χ1) is 26.5. The van der Waals surface area contributed by atoms with Gasteiger partial charge in [0.15, 0.2) is 0 Å². The SMILES string of the molecule is CC[C@H](C)[C@H](NC(=O)[C@H](Cc1ccc(O)cc1)NC(=O)[C@@H]1CCCN1C(=O)[C@H](CCON=C(N)N)NC(=O)[C@@H](N)CCCCN)C(=O)N[C@@H](CC(C)C)C(=O)O. The molecule has 1 aliphatic rings. The molecule has 1 aromatic carbocycles. The van der Waals surface area contributed by atoms with E-state index in [1.807, 2.05) is 20.8 Å². The third-order valence-electron chi connectivity index (χ3n) is 9.55. The van der Waals surface area contributed by atoms with E-state index in [2.05, 4.69) is 26.4 Å². The number of rotatable bonds is 24. The van der Waals surface area contributed by atoms with Crippen LogP contribution in [0.25, 0.3) is 0 Å². The molecule has 0 radical (unpaired) electrons. The molecule has 314 valence electrons. The zero-order valence-corrected chi connectivity index (χ0v) is 32.9. The molecule has 0 bridgehead atoms. The molecular formula is C37H62N10O9. The van der Waals surface area contributed by atoms with Crippen molar-refractivity contribution in [2.24, 2.45) is 39.9 Å². The molecule has 19 heteroatoms. The fraction of sp³-hybridized carbons (Fsp3) is 0.649. The average Bonchev–Trinajstić information content (AvgIpc) is 3.64. The molecule has 2 rings (SSSR count). The summed E-state index contributed by atoms with van der Waals surface area (Å²) in [7, 11) is 0. The van der Waals surface area contributed by atoms with Gasteiger partial charge >= 0.3 is 5.97 Å². The summed E-state index contributed by atoms with van der Waals surface area (Å²) >= 11 is 0. The number of carbonyl (C=O) groups excluding carboxylic acids is 5. The average molecular weight is 791 g/mol. The molecule has 1 fully saturated rings. The number of nitrogens with two attached hydrogens (primary N) is 4. The van der Waals surface area contributed by atoms with Gasteiger partial charge < -0.3 is 64.2 Å². The molecule has 0 spiro atoms. The summed E-state index contributed by atoms with van der Waals surface area (Å²) in [6.45, 7) is 7.66. The lowest BCUT2D eigenvalue weighted by Gasteiger charge is -2.31. The number of aromatic hydroxyl groups is 1. The Balaban J connectivity index is 2.36. The second-order valence-corrected chi connectivity index (χ2v) is 14.6. The number of benzene rings is 1. The number of oxime groups is 1. The standard InChI is InChI=1S/C37H62N10O9/c1-5-22(4)30(34(52)44-28(36(54)55)19-21(2)3)45-32(50)27(20-23-11-13-24(48)14-12-23)43-33(51)29-10-8-17-47(29)35(53)26(15-18-56-46-37(40)41)42-31(49)25(39)9-6-7-16-38/h11-14,21-22,25-30,48H,5-10,15-20,38-39H2,1-4H3,(H,42,49)(H,43,51)(H,44,52)(H,45,50)(H,54,55)(H4,40,41,46)/t22-,25-,26-,27-,28-,29-,30-/m0/s1. The van der Waals surface area contributed by atoms with Crippen molar-refractivity contribution < 1.29 is 43.8 Å². The van der Waals surface area contributed by atoms with Gasteiger partial charge in [-0.1, -0.05) is 52.7 Å². The fourth-order valence-electron chi connectivity index (χ4n) is 6.22. The first-order valence-electron chi connectivity index (χ1n) is 19.2. The number of hydrogen-bond donors (Lipinski definition) is 10. The van der Waals surface area contributed by atoms with Gasteiger partial charge in [0.05, 0.1) is 6.04 Å². The number of nitrogens with one attached hydrogen (secondary N) is 4. The molecule has 19 nitrogen and oxygen atoms in total. The van der Waals surface area contributed by atoms with Crippen LogP contribution in [0.15, 0.2) is 29.4 Å². The predicted molar refractivity (Wildman–Crippen MR) is 208 cm³/mol. The summed E-state index contributed by atoms with van der Waals surface area (Å²) in [5.74, 6) is -5.22. The number of carboxylic acids is 1. The smallest absolute Gasteiger partial charge is 0.326 e. The minimum Gasteiger partial charge on any atom is -0.508 e. The lowest BCUT2D eigenvalue weighted by molar-refractivity contribution is -0.143. The fourth-order valence-corrected chi connectivity index (χ4v) is 6.22. The van der Waals surface area contributed by atoms with E-state index in [1.165, 1.54) is 17.0 Å². The monoisotopic (exact) mass is 790 g/mol. The molecule has 0 aromatic heterocycles. The van der Waals surface area contributed by atoms with Gasteiger partial charge in [-0.05, 0) is 73.3 Å². The van der Waals surface area contributed by atoms with Crippen LogP contribution in [-0.4, -0.2) is 113 Å². The Bertz CT molecular complexity index is 1490. The van der Waals surface area contributed by atoms with Crippen molar-refractivity contribution in [2.45, 2.75) is 122 Å². The number of carboxylic acid groups (broad SMARTS) is 1. The van der Waals surface area contributed by atoms with Crippen LogP contribution in [0, 0.1) is 11.8 Å². The second kappa shape index (κ2) is 23.7. The molecular weight excluding hydrogens is 728 g/mol. The van der Waals surface area contributed by atoms with Crippen molar-refractivity contribution in [3.8, 4) is 5.75 Å². The van der Waals surface area contributed by atoms with Crippen LogP contribution in [0.2, 0.25) is 0 Å². The number of likely N-dealkylation sites (tertiary alicyclic amines) is 1. The van der Waals surface area contributed by atoms with Gasteiger partial charge in [0, 0.05) is 19.4 Å². The second-order valence-electron chi connectivity index (χ2n) is 14.6. The Kier molecular flexibility index (Phi) is 19.9. The summed E-state index contributed by atoms with van der Waals surface area (Å²) in [5, 5.41) is 33.8. The van der Waals surface area contributed by atoms with Crippen molar-refractivity contribution >= 4 is 41.5 Å². The number of unbranched alkanes of at least 4 members (excludes halogenated alkanes) is 1. The van der Waals surface area contributed by atoms with E-state index >= 15 is 0 Å². The number of nitrogens with zero attached hydrogens (tertiary/aromatic N) is 2. The first kappa shape index (κ1) is 47.0. The van der Waals surface area contributed by atoms with Crippen molar-refractivity contribution in [2.75, 3.05) is 19.7 Å². The summed E-state index contributed by atoms with van der Waals surface area (Å²) in [5.41, 5.74) is 22.9. The highest BCUT2D eigenvalue weighted by molar-refractivity contribution is 5.96. The Morgan fingerprint density at radius 2 is 1.57 bits per heavy atom. The lowest BCUT2D eigenvalue weighted by Crippen LogP contribution is -2.60. The van der Waals surface area contributed by atoms with Gasteiger partial charge in [0.1, 0.15) is 42.6 Å². The Labute approximate surface area is 328 Å². The Morgan fingerprint density at radius 3 is 2.16 bits per heavy atom. The molecule has 56 heavy (non-hydrogen) atoms. The minimum atomic E-state index is -1.26. The zero-order valence-electron chi connectivity index (χ0n) is 32.9. The maximum Gasteiger partial charge on any atom is 0.326 e. The third-order valence-corrected chi connectivity index (χ3v) is 9.55. The van der Waals surface area contributed by atoms with Crippen molar-refractivity contribution in [3.63, 3.8) is 0 Å². The topological polar surface area (TPSA) is 320 Å². The van der Waals surface area contributed by atoms with E-state index in [1.54, 1.807) is 19.1 Å². The number of carbonyl (C=O) groups is 6. The molecule has 5 amide bonds. The number of guanidine groups is 1. The van der Waals surface area contributed by atoms with Gasteiger partial charge in [-0.3, -0.25) is 24.0 Å². The minimum absolute atomic E-state index is 0.0105. The van der Waals surface area contributed by atoms with E-state index in [4.69, 9.17) is 27.8 Å². The van der Waals surface area contributed by atoms with E-state index in [-0.39, 0.29) is 56.5 Å². The molecule has 1 aliphatic heterocycles. The number of hydrogen-bond acceptors (Lipinski definition) is 11. The van der Waals surface area contributed by atoms with Crippen LogP contribution in [0.3, 0.4) is 0 Å². The van der Waals surface area contributed by atoms with Crippen LogP contribution < -0.4 is 44.2 Å². The van der Waals surface area contributed by atoms with Gasteiger partial charge in [-0.15, -0.1) is 0 Å². The Morgan fingerprint density at radius 1 is 0.911 bits per heavy atom. The van der Waals surface area contributed by atoms with E-state index in [0.29, 0.717) is 44.2 Å². The predicted octanol–water partition coefficient (Wildman–Crippen LogP) is -0.907. The molecule has 1 saturated heterocycles. The van der Waals surface area contributed by atoms with Crippen LogP contribution in [0.1, 0.15) is 84.6 Å². The molecule has 0 saturated carbocycles. The van der Waals surface area contributed by atoms with E-state index in [0.717, 1.165) is 0 Å². The van der Waals surface area contributed by atoms with Gasteiger partial charge in [0.2, 0.25) is 35.5 Å². The molecule has 1 heterocycles. The van der Waals surface area contributed by atoms with Crippen LogP contribution in [0.5, 0.6) is 5.75 Å². The van der Waals surface area contributed by atoms with E-state index in [9.17, 15) is 39.0 Å². The Hall–Kier alpha value is -5.17. The normalized spacial score (nSPS) is 17.1. The molecule has 7 atom stereocenters. The van der Waals surface area contributed by atoms with Gasteiger partial charge in [0.25, 0.3) is 0 Å². The van der Waals surface area contributed by atoms with Gasteiger partial charge in [-0.2, -0.15) is 0 Å². The van der Waals surface area contributed by atoms with Crippen LogP contribution >= 0.6 is 0 Å².